The van der Waals surface area contributed by atoms with E-state index in [0.717, 1.165) is 5.56 Å². The predicted molar refractivity (Wildman–Crippen MR) is 131 cm³/mol. The lowest BCUT2D eigenvalue weighted by Gasteiger charge is -2.18. The Balaban J connectivity index is 1.38. The number of rotatable bonds is 7. The molecule has 0 unspecified atom stereocenters. The van der Waals surface area contributed by atoms with Gasteiger partial charge in [-0.05, 0) is 60.2 Å². The number of carbonyl (C=O) groups is 2. The number of halogens is 4. The molecule has 0 radical (unpaired) electrons. The first kappa shape index (κ1) is 24.1. The highest BCUT2D eigenvalue weighted by molar-refractivity contribution is 6.42. The lowest BCUT2D eigenvalue weighted by Crippen LogP contribution is -2.36. The van der Waals surface area contributed by atoms with Gasteiger partial charge in [-0.3, -0.25) is 20.4 Å². The molecule has 0 aromatic heterocycles. The summed E-state index contributed by atoms with van der Waals surface area (Å²) in [6.07, 6.45) is 0.0428. The summed E-state index contributed by atoms with van der Waals surface area (Å²) in [4.78, 5) is 26.6. The van der Waals surface area contributed by atoms with E-state index in [2.05, 4.69) is 10.9 Å². The first-order chi connectivity index (χ1) is 16.3. The molecule has 0 bridgehead atoms. The van der Waals surface area contributed by atoms with Crippen LogP contribution in [0.25, 0.3) is 0 Å². The average Bonchev–Trinajstić information content (AvgIpc) is 3.21. The van der Waals surface area contributed by atoms with Gasteiger partial charge in [-0.1, -0.05) is 40.9 Å². The van der Waals surface area contributed by atoms with Crippen LogP contribution in [0.5, 0.6) is 5.75 Å². The number of nitrogens with zero attached hydrogens (tertiary/aromatic N) is 1. The van der Waals surface area contributed by atoms with Crippen molar-refractivity contribution in [2.24, 2.45) is 5.92 Å². The fourth-order valence-electron chi connectivity index (χ4n) is 3.50. The topological polar surface area (TPSA) is 70.7 Å². The van der Waals surface area contributed by atoms with Crippen molar-refractivity contribution < 1.29 is 18.7 Å². The number of hydrogen-bond donors (Lipinski definition) is 2. The largest absolute Gasteiger partial charge is 0.487 e. The molecule has 3 aromatic carbocycles. The minimum atomic E-state index is -0.579. The van der Waals surface area contributed by atoms with E-state index in [9.17, 15) is 14.0 Å². The Morgan fingerprint density at radius 3 is 2.53 bits per heavy atom. The van der Waals surface area contributed by atoms with Crippen LogP contribution in [0.15, 0.2) is 60.7 Å². The van der Waals surface area contributed by atoms with Gasteiger partial charge in [0, 0.05) is 23.7 Å². The summed E-state index contributed by atoms with van der Waals surface area (Å²) in [6, 6.07) is 15.7. The molecule has 2 N–H and O–H groups in total. The second-order valence-corrected chi connectivity index (χ2v) is 8.92. The molecule has 0 spiro atoms. The Hall–Kier alpha value is -3.00. The highest BCUT2D eigenvalue weighted by Gasteiger charge is 2.35. The van der Waals surface area contributed by atoms with Gasteiger partial charge < -0.3 is 9.64 Å². The second-order valence-electron chi connectivity index (χ2n) is 7.67. The van der Waals surface area contributed by atoms with Crippen molar-refractivity contribution >= 4 is 58.0 Å². The average molecular weight is 523 g/mol. The van der Waals surface area contributed by atoms with Crippen molar-refractivity contribution in [3.63, 3.8) is 0 Å². The summed E-state index contributed by atoms with van der Waals surface area (Å²) in [6.45, 7) is 0.402. The lowest BCUT2D eigenvalue weighted by molar-refractivity contribution is -0.125. The SMILES string of the molecule is O=C(NNc1cc(Cl)ccc1OCc1ccc(Cl)c(Cl)c1)[C@@H]1CC(=O)N(c2ccc(F)cc2)C1. The maximum Gasteiger partial charge on any atom is 0.243 e. The van der Waals surface area contributed by atoms with Gasteiger partial charge in [0.25, 0.3) is 0 Å². The number of hydrazine groups is 1. The third-order valence-electron chi connectivity index (χ3n) is 5.27. The lowest BCUT2D eigenvalue weighted by atomic mass is 10.1. The van der Waals surface area contributed by atoms with E-state index in [-0.39, 0.29) is 31.4 Å². The number of benzene rings is 3. The Labute approximate surface area is 210 Å². The molecule has 0 saturated carbocycles. The summed E-state index contributed by atoms with van der Waals surface area (Å²) in [5, 5.41) is 1.31. The highest BCUT2D eigenvalue weighted by atomic mass is 35.5. The van der Waals surface area contributed by atoms with Crippen LogP contribution in [0.2, 0.25) is 15.1 Å². The molecule has 1 fully saturated rings. The van der Waals surface area contributed by atoms with E-state index in [1.165, 1.54) is 29.2 Å². The van der Waals surface area contributed by atoms with Crippen molar-refractivity contribution in [2.45, 2.75) is 13.0 Å². The van der Waals surface area contributed by atoms with Gasteiger partial charge in [-0.25, -0.2) is 4.39 Å². The van der Waals surface area contributed by atoms with Crippen LogP contribution in [0.4, 0.5) is 15.8 Å². The maximum absolute atomic E-state index is 13.2. The van der Waals surface area contributed by atoms with Crippen LogP contribution in [0.3, 0.4) is 0 Å². The predicted octanol–water partition coefficient (Wildman–Crippen LogP) is 5.86. The highest BCUT2D eigenvalue weighted by Crippen LogP contribution is 2.30. The Morgan fingerprint density at radius 2 is 1.79 bits per heavy atom. The van der Waals surface area contributed by atoms with Gasteiger partial charge in [0.05, 0.1) is 21.7 Å². The van der Waals surface area contributed by atoms with Crippen LogP contribution in [0.1, 0.15) is 12.0 Å². The number of amides is 2. The summed E-state index contributed by atoms with van der Waals surface area (Å²) in [7, 11) is 0. The molecular formula is C24H19Cl3FN3O3. The first-order valence-electron chi connectivity index (χ1n) is 10.3. The van der Waals surface area contributed by atoms with Crippen molar-refractivity contribution in [1.82, 2.24) is 5.43 Å². The van der Waals surface area contributed by atoms with Crippen molar-refractivity contribution in [3.8, 4) is 5.75 Å². The molecule has 1 aliphatic rings. The van der Waals surface area contributed by atoms with Gasteiger partial charge in [-0.15, -0.1) is 0 Å². The van der Waals surface area contributed by atoms with Gasteiger partial charge in [0.2, 0.25) is 11.8 Å². The maximum atomic E-state index is 13.2. The monoisotopic (exact) mass is 521 g/mol. The van der Waals surface area contributed by atoms with E-state index >= 15 is 0 Å². The molecule has 176 valence electrons. The van der Waals surface area contributed by atoms with E-state index in [1.807, 2.05) is 0 Å². The van der Waals surface area contributed by atoms with Crippen LogP contribution >= 0.6 is 34.8 Å². The molecule has 34 heavy (non-hydrogen) atoms. The number of carbonyl (C=O) groups excluding carboxylic acids is 2. The minimum absolute atomic E-state index is 0.0428. The van der Waals surface area contributed by atoms with Crippen LogP contribution < -0.4 is 20.5 Å². The minimum Gasteiger partial charge on any atom is -0.487 e. The van der Waals surface area contributed by atoms with Gasteiger partial charge in [0.1, 0.15) is 18.2 Å². The molecule has 0 aliphatic carbocycles. The number of anilines is 2. The molecule has 1 aliphatic heterocycles. The molecule has 2 amide bonds. The third kappa shape index (κ3) is 5.73. The molecule has 4 rings (SSSR count). The number of hydrogen-bond acceptors (Lipinski definition) is 4. The summed E-state index contributed by atoms with van der Waals surface area (Å²) >= 11 is 18.1. The van der Waals surface area contributed by atoms with Crippen LogP contribution in [-0.2, 0) is 16.2 Å². The van der Waals surface area contributed by atoms with Crippen LogP contribution in [0, 0.1) is 11.7 Å². The molecule has 6 nitrogen and oxygen atoms in total. The molecular weight excluding hydrogens is 504 g/mol. The van der Waals surface area contributed by atoms with Crippen LogP contribution in [-0.4, -0.2) is 18.4 Å². The van der Waals surface area contributed by atoms with Crippen molar-refractivity contribution in [3.05, 3.63) is 87.1 Å². The summed E-state index contributed by atoms with van der Waals surface area (Å²) in [5.74, 6) is -1.10. The van der Waals surface area contributed by atoms with Crippen molar-refractivity contribution in [2.75, 3.05) is 16.9 Å². The first-order valence-corrected chi connectivity index (χ1v) is 11.4. The smallest absolute Gasteiger partial charge is 0.243 e. The van der Waals surface area contributed by atoms with Gasteiger partial charge in [-0.2, -0.15) is 0 Å². The fraction of sp³-hybridized carbons (Fsp3) is 0.167. The summed E-state index contributed by atoms with van der Waals surface area (Å²) in [5.41, 5.74) is 7.25. The Bertz CT molecular complexity index is 1220. The zero-order valence-corrected chi connectivity index (χ0v) is 19.9. The standard InChI is InChI=1S/C24H19Cl3FN3O3/c25-16-2-8-22(34-13-14-1-7-19(26)20(27)9-14)21(11-16)29-30-24(33)15-10-23(32)31(12-15)18-5-3-17(28)4-6-18/h1-9,11,15,29H,10,12-13H2,(H,30,33)/t15-/m1/s1. The van der Waals surface area contributed by atoms with E-state index < -0.39 is 11.7 Å². The zero-order chi connectivity index (χ0) is 24.2. The summed E-state index contributed by atoms with van der Waals surface area (Å²) < 4.78 is 19.0. The number of ether oxygens (including phenoxy) is 1. The molecule has 1 atom stereocenters. The molecule has 1 saturated heterocycles. The Morgan fingerprint density at radius 1 is 1.03 bits per heavy atom. The van der Waals surface area contributed by atoms with Crippen molar-refractivity contribution in [1.29, 1.82) is 0 Å². The fourth-order valence-corrected chi connectivity index (χ4v) is 3.99. The van der Waals surface area contributed by atoms with Gasteiger partial charge in [0.15, 0.2) is 0 Å². The molecule has 10 heteroatoms. The van der Waals surface area contributed by atoms with E-state index in [0.29, 0.717) is 32.2 Å². The normalized spacial score (nSPS) is 15.4. The third-order valence-corrected chi connectivity index (χ3v) is 6.25. The molecule has 1 heterocycles. The Kier molecular flexibility index (Phi) is 7.46. The second kappa shape index (κ2) is 10.5. The van der Waals surface area contributed by atoms with E-state index in [1.54, 1.807) is 36.4 Å². The van der Waals surface area contributed by atoms with Gasteiger partial charge >= 0.3 is 0 Å². The zero-order valence-electron chi connectivity index (χ0n) is 17.7. The molecule has 3 aromatic rings. The number of nitrogens with one attached hydrogen (secondary N) is 2. The van der Waals surface area contributed by atoms with E-state index in [4.69, 9.17) is 39.5 Å². The quantitative estimate of drug-likeness (QED) is 0.381.